The van der Waals surface area contributed by atoms with Gasteiger partial charge in [-0.25, -0.2) is 0 Å². The van der Waals surface area contributed by atoms with Crippen molar-refractivity contribution in [2.24, 2.45) is 17.8 Å². The number of nitriles is 1. The summed E-state index contributed by atoms with van der Waals surface area (Å²) in [5, 5.41) is 12.0. The quantitative estimate of drug-likeness (QED) is 0.852. The Morgan fingerprint density at radius 3 is 2.41 bits per heavy atom. The van der Waals surface area contributed by atoms with E-state index in [1.165, 1.54) is 5.56 Å². The molecule has 1 saturated heterocycles. The SMILES string of the molecule is N#Cc1ccccc1NC(=O)C1CC1C(=O)N1CCC(Cc2ccccc2)CC1. The maximum absolute atomic E-state index is 12.8. The fraction of sp³-hybridized carbons (Fsp3) is 0.375. The Morgan fingerprint density at radius 1 is 1.00 bits per heavy atom. The molecule has 1 heterocycles. The first-order valence-electron chi connectivity index (χ1n) is 10.3. The highest BCUT2D eigenvalue weighted by atomic mass is 16.2. The van der Waals surface area contributed by atoms with E-state index in [1.54, 1.807) is 24.3 Å². The summed E-state index contributed by atoms with van der Waals surface area (Å²) in [6.07, 6.45) is 3.69. The van der Waals surface area contributed by atoms with Crippen LogP contribution in [0.3, 0.4) is 0 Å². The van der Waals surface area contributed by atoms with E-state index >= 15 is 0 Å². The number of rotatable bonds is 5. The fourth-order valence-corrected chi connectivity index (χ4v) is 4.21. The lowest BCUT2D eigenvalue weighted by molar-refractivity contribution is -0.135. The van der Waals surface area contributed by atoms with Gasteiger partial charge in [-0.05, 0) is 49.3 Å². The lowest BCUT2D eigenvalue weighted by atomic mass is 9.90. The number of amides is 2. The van der Waals surface area contributed by atoms with Crippen molar-refractivity contribution in [1.82, 2.24) is 4.90 Å². The summed E-state index contributed by atoms with van der Waals surface area (Å²) in [5.41, 5.74) is 2.30. The lowest BCUT2D eigenvalue weighted by Gasteiger charge is -2.32. The Bertz CT molecular complexity index is 927. The maximum Gasteiger partial charge on any atom is 0.228 e. The zero-order valence-corrected chi connectivity index (χ0v) is 16.4. The highest BCUT2D eigenvalue weighted by Gasteiger charge is 2.49. The molecule has 0 spiro atoms. The van der Waals surface area contributed by atoms with E-state index in [2.05, 4.69) is 35.7 Å². The van der Waals surface area contributed by atoms with E-state index in [4.69, 9.17) is 5.26 Å². The predicted molar refractivity (Wildman–Crippen MR) is 111 cm³/mol. The topological polar surface area (TPSA) is 73.2 Å². The van der Waals surface area contributed by atoms with Crippen LogP contribution in [0.2, 0.25) is 0 Å². The maximum atomic E-state index is 12.8. The van der Waals surface area contributed by atoms with Crippen molar-refractivity contribution in [1.29, 1.82) is 5.26 Å². The Balaban J connectivity index is 1.26. The summed E-state index contributed by atoms with van der Waals surface area (Å²) in [4.78, 5) is 27.2. The normalized spacial score (nSPS) is 21.3. The monoisotopic (exact) mass is 387 g/mol. The summed E-state index contributed by atoms with van der Waals surface area (Å²) in [6, 6.07) is 19.5. The molecule has 1 N–H and O–H groups in total. The lowest BCUT2D eigenvalue weighted by Crippen LogP contribution is -2.40. The van der Waals surface area contributed by atoms with Crippen LogP contribution in [0.5, 0.6) is 0 Å². The molecule has 148 valence electrons. The molecule has 1 saturated carbocycles. The molecule has 0 radical (unpaired) electrons. The second-order valence-electron chi connectivity index (χ2n) is 8.05. The first-order chi connectivity index (χ1) is 14.2. The second-order valence-corrected chi connectivity index (χ2v) is 8.05. The molecule has 0 bridgehead atoms. The van der Waals surface area contributed by atoms with Crippen LogP contribution in [0, 0.1) is 29.1 Å². The van der Waals surface area contributed by atoms with Gasteiger partial charge in [0.1, 0.15) is 6.07 Å². The van der Waals surface area contributed by atoms with Gasteiger partial charge in [0.15, 0.2) is 0 Å². The smallest absolute Gasteiger partial charge is 0.228 e. The third-order valence-electron chi connectivity index (χ3n) is 6.04. The van der Waals surface area contributed by atoms with E-state index in [0.717, 1.165) is 32.4 Å². The molecule has 2 aromatic rings. The molecule has 2 fully saturated rings. The number of hydrogen-bond donors (Lipinski definition) is 1. The number of nitrogens with zero attached hydrogens (tertiary/aromatic N) is 2. The molecule has 1 aliphatic heterocycles. The number of para-hydroxylation sites is 1. The van der Waals surface area contributed by atoms with Crippen molar-refractivity contribution < 1.29 is 9.59 Å². The van der Waals surface area contributed by atoms with Gasteiger partial charge in [0.25, 0.3) is 0 Å². The number of hydrogen-bond acceptors (Lipinski definition) is 3. The molecular weight excluding hydrogens is 362 g/mol. The molecular formula is C24H25N3O2. The van der Waals surface area contributed by atoms with Gasteiger partial charge in [-0.1, -0.05) is 42.5 Å². The summed E-state index contributed by atoms with van der Waals surface area (Å²) in [7, 11) is 0. The molecule has 1 aliphatic carbocycles. The number of piperidine rings is 1. The van der Waals surface area contributed by atoms with Crippen LogP contribution in [0.25, 0.3) is 0 Å². The minimum atomic E-state index is -0.281. The third kappa shape index (κ3) is 4.48. The summed E-state index contributed by atoms with van der Waals surface area (Å²) >= 11 is 0. The van der Waals surface area contributed by atoms with E-state index in [9.17, 15) is 9.59 Å². The second kappa shape index (κ2) is 8.48. The van der Waals surface area contributed by atoms with Crippen molar-refractivity contribution >= 4 is 17.5 Å². The minimum absolute atomic E-state index is 0.108. The number of anilines is 1. The van der Waals surface area contributed by atoms with Gasteiger partial charge >= 0.3 is 0 Å². The summed E-state index contributed by atoms with van der Waals surface area (Å²) < 4.78 is 0. The van der Waals surface area contributed by atoms with Crippen LogP contribution >= 0.6 is 0 Å². The van der Waals surface area contributed by atoms with Crippen molar-refractivity contribution in [3.8, 4) is 6.07 Å². The van der Waals surface area contributed by atoms with Crippen LogP contribution in [0.4, 0.5) is 5.69 Å². The van der Waals surface area contributed by atoms with Crippen LogP contribution in [0.1, 0.15) is 30.4 Å². The summed E-state index contributed by atoms with van der Waals surface area (Å²) in [6.45, 7) is 1.55. The minimum Gasteiger partial charge on any atom is -0.342 e. The van der Waals surface area contributed by atoms with Gasteiger partial charge in [-0.2, -0.15) is 5.26 Å². The van der Waals surface area contributed by atoms with Crippen LogP contribution < -0.4 is 5.32 Å². The Labute approximate surface area is 171 Å². The van der Waals surface area contributed by atoms with Crippen LogP contribution in [-0.4, -0.2) is 29.8 Å². The molecule has 4 rings (SSSR count). The molecule has 2 aromatic carbocycles. The van der Waals surface area contributed by atoms with Crippen molar-refractivity contribution in [3.63, 3.8) is 0 Å². The van der Waals surface area contributed by atoms with E-state index in [0.29, 0.717) is 23.6 Å². The van der Waals surface area contributed by atoms with Crippen LogP contribution in [-0.2, 0) is 16.0 Å². The molecule has 29 heavy (non-hydrogen) atoms. The van der Waals surface area contributed by atoms with Crippen molar-refractivity contribution in [2.45, 2.75) is 25.7 Å². The molecule has 5 heteroatoms. The Kier molecular flexibility index (Phi) is 5.62. The van der Waals surface area contributed by atoms with Crippen LogP contribution in [0.15, 0.2) is 54.6 Å². The summed E-state index contributed by atoms with van der Waals surface area (Å²) in [5.74, 6) is 0.0651. The van der Waals surface area contributed by atoms with Gasteiger partial charge in [0.05, 0.1) is 23.1 Å². The fourth-order valence-electron chi connectivity index (χ4n) is 4.21. The standard InChI is InChI=1S/C24H25N3O2/c25-16-19-8-4-5-9-22(19)26-23(28)20-15-21(20)24(29)27-12-10-18(11-13-27)14-17-6-2-1-3-7-17/h1-9,18,20-21H,10-15H2,(H,26,28). The van der Waals surface area contributed by atoms with E-state index in [1.807, 2.05) is 11.0 Å². The predicted octanol–water partition coefficient (Wildman–Crippen LogP) is 3.61. The Hall–Kier alpha value is -3.13. The van der Waals surface area contributed by atoms with Gasteiger partial charge in [0.2, 0.25) is 11.8 Å². The van der Waals surface area contributed by atoms with Crippen molar-refractivity contribution in [2.75, 3.05) is 18.4 Å². The van der Waals surface area contributed by atoms with E-state index in [-0.39, 0.29) is 23.7 Å². The highest BCUT2D eigenvalue weighted by Crippen LogP contribution is 2.41. The molecule has 2 aliphatic rings. The highest BCUT2D eigenvalue weighted by molar-refractivity contribution is 6.00. The third-order valence-corrected chi connectivity index (χ3v) is 6.04. The number of carbonyl (C=O) groups is 2. The van der Waals surface area contributed by atoms with E-state index < -0.39 is 0 Å². The van der Waals surface area contributed by atoms with Gasteiger partial charge in [0, 0.05) is 13.1 Å². The first-order valence-corrected chi connectivity index (χ1v) is 10.3. The largest absolute Gasteiger partial charge is 0.342 e. The number of nitrogens with one attached hydrogen (secondary N) is 1. The number of carbonyl (C=O) groups excluding carboxylic acids is 2. The molecule has 2 unspecified atom stereocenters. The average Bonchev–Trinajstić information content (AvgIpc) is 3.56. The molecule has 2 amide bonds. The molecule has 0 aromatic heterocycles. The van der Waals surface area contributed by atoms with Crippen molar-refractivity contribution in [3.05, 3.63) is 65.7 Å². The van der Waals surface area contributed by atoms with Gasteiger partial charge in [-0.3, -0.25) is 9.59 Å². The zero-order valence-electron chi connectivity index (χ0n) is 16.4. The average molecular weight is 387 g/mol. The molecule has 5 nitrogen and oxygen atoms in total. The Morgan fingerprint density at radius 2 is 1.69 bits per heavy atom. The number of likely N-dealkylation sites (tertiary alicyclic amines) is 1. The molecule has 2 atom stereocenters. The number of benzene rings is 2. The first kappa shape index (κ1) is 19.2. The van der Waals surface area contributed by atoms with Gasteiger partial charge in [-0.15, -0.1) is 0 Å². The zero-order chi connectivity index (χ0) is 20.2. The van der Waals surface area contributed by atoms with Gasteiger partial charge < -0.3 is 10.2 Å².